The topological polar surface area (TPSA) is 104 Å². The van der Waals surface area contributed by atoms with E-state index in [0.717, 1.165) is 50.5 Å². The number of hydrogen-bond acceptors (Lipinski definition) is 7. The molecule has 3 heterocycles. The van der Waals surface area contributed by atoms with Crippen molar-refractivity contribution in [3.8, 4) is 0 Å². The molecule has 27 heavy (non-hydrogen) atoms. The predicted octanol–water partition coefficient (Wildman–Crippen LogP) is 1.21. The molecule has 0 bridgehead atoms. The molecular formula is C18H29N5O3S. The Morgan fingerprint density at radius 2 is 2.19 bits per heavy atom. The molecule has 0 aromatic carbocycles. The van der Waals surface area contributed by atoms with E-state index in [0.29, 0.717) is 18.8 Å². The predicted molar refractivity (Wildman–Crippen MR) is 106 cm³/mol. The number of carbonyl (C=O) groups is 1. The van der Waals surface area contributed by atoms with Gasteiger partial charge in [-0.3, -0.25) is 4.79 Å². The number of rotatable bonds is 7. The van der Waals surface area contributed by atoms with Gasteiger partial charge in [0.1, 0.15) is 18.0 Å². The molecular weight excluding hydrogens is 366 g/mol. The maximum Gasteiger partial charge on any atom is 0.220 e. The Balaban J connectivity index is 1.47. The minimum Gasteiger partial charge on any atom is -0.370 e. The highest BCUT2D eigenvalue weighted by Crippen LogP contribution is 2.25. The molecule has 2 aliphatic heterocycles. The van der Waals surface area contributed by atoms with Crippen molar-refractivity contribution in [3.63, 3.8) is 0 Å². The lowest BCUT2D eigenvalue weighted by molar-refractivity contribution is -0.121. The van der Waals surface area contributed by atoms with Gasteiger partial charge in [-0.2, -0.15) is 0 Å². The summed E-state index contributed by atoms with van der Waals surface area (Å²) < 4.78 is 23.0. The normalized spacial score (nSPS) is 24.6. The van der Waals surface area contributed by atoms with Crippen LogP contribution >= 0.6 is 0 Å². The number of hydrogen-bond donors (Lipinski definition) is 2. The zero-order valence-corrected chi connectivity index (χ0v) is 16.7. The number of aromatic nitrogens is 2. The third-order valence-corrected chi connectivity index (χ3v) is 7.00. The summed E-state index contributed by atoms with van der Waals surface area (Å²) in [5.41, 5.74) is 0. The SMILES string of the molecule is CCNc1cc(N2CCC[C@H](CCC(=O)N[C@@H]3CCS(=O)(=O)C3)C2)ncn1. The minimum atomic E-state index is -2.96. The first-order valence-corrected chi connectivity index (χ1v) is 11.6. The lowest BCUT2D eigenvalue weighted by atomic mass is 9.93. The molecule has 2 saturated heterocycles. The highest BCUT2D eigenvalue weighted by Gasteiger charge is 2.29. The van der Waals surface area contributed by atoms with Gasteiger partial charge < -0.3 is 15.5 Å². The van der Waals surface area contributed by atoms with Gasteiger partial charge in [0.2, 0.25) is 5.91 Å². The summed E-state index contributed by atoms with van der Waals surface area (Å²) >= 11 is 0. The van der Waals surface area contributed by atoms with Crippen molar-refractivity contribution in [1.29, 1.82) is 0 Å². The van der Waals surface area contributed by atoms with Crippen LogP contribution < -0.4 is 15.5 Å². The summed E-state index contributed by atoms with van der Waals surface area (Å²) in [5.74, 6) is 2.42. The lowest BCUT2D eigenvalue weighted by Crippen LogP contribution is -2.38. The van der Waals surface area contributed by atoms with Crippen molar-refractivity contribution >= 4 is 27.4 Å². The summed E-state index contributed by atoms with van der Waals surface area (Å²) in [7, 11) is -2.96. The van der Waals surface area contributed by atoms with Gasteiger partial charge in [0.15, 0.2) is 9.84 Å². The first-order chi connectivity index (χ1) is 12.9. The van der Waals surface area contributed by atoms with Crippen LogP contribution in [0.5, 0.6) is 0 Å². The molecule has 1 amide bonds. The van der Waals surface area contributed by atoms with Crippen molar-refractivity contribution < 1.29 is 13.2 Å². The molecule has 150 valence electrons. The van der Waals surface area contributed by atoms with Gasteiger partial charge in [-0.1, -0.05) is 0 Å². The molecule has 9 heteroatoms. The molecule has 3 rings (SSSR count). The minimum absolute atomic E-state index is 0.0364. The second-order valence-electron chi connectivity index (χ2n) is 7.45. The van der Waals surface area contributed by atoms with E-state index in [1.807, 2.05) is 13.0 Å². The molecule has 1 aromatic rings. The molecule has 0 spiro atoms. The highest BCUT2D eigenvalue weighted by molar-refractivity contribution is 7.91. The maximum absolute atomic E-state index is 12.2. The van der Waals surface area contributed by atoms with Crippen molar-refractivity contribution in [3.05, 3.63) is 12.4 Å². The third-order valence-electron chi connectivity index (χ3n) is 5.23. The number of nitrogens with zero attached hydrogens (tertiary/aromatic N) is 3. The summed E-state index contributed by atoms with van der Waals surface area (Å²) in [6.07, 6.45) is 5.56. The van der Waals surface area contributed by atoms with E-state index < -0.39 is 9.84 Å². The lowest BCUT2D eigenvalue weighted by Gasteiger charge is -2.33. The molecule has 2 fully saturated rings. The summed E-state index contributed by atoms with van der Waals surface area (Å²) in [5, 5.41) is 6.08. The van der Waals surface area contributed by atoms with E-state index in [9.17, 15) is 13.2 Å². The number of nitrogens with one attached hydrogen (secondary N) is 2. The summed E-state index contributed by atoms with van der Waals surface area (Å²) in [6.45, 7) is 4.69. The molecule has 1 aromatic heterocycles. The Labute approximate surface area is 161 Å². The van der Waals surface area contributed by atoms with Crippen LogP contribution in [0.3, 0.4) is 0 Å². The molecule has 2 atom stereocenters. The van der Waals surface area contributed by atoms with E-state index in [2.05, 4.69) is 25.5 Å². The van der Waals surface area contributed by atoms with Gasteiger partial charge in [-0.05, 0) is 38.5 Å². The van der Waals surface area contributed by atoms with Crippen LogP contribution in [0.4, 0.5) is 11.6 Å². The molecule has 2 aliphatic rings. The van der Waals surface area contributed by atoms with Crippen LogP contribution in [0.2, 0.25) is 0 Å². The first kappa shape index (κ1) is 19.9. The highest BCUT2D eigenvalue weighted by atomic mass is 32.2. The largest absolute Gasteiger partial charge is 0.370 e. The van der Waals surface area contributed by atoms with Gasteiger partial charge in [0.05, 0.1) is 11.5 Å². The Morgan fingerprint density at radius 1 is 1.33 bits per heavy atom. The van der Waals surface area contributed by atoms with Crippen LogP contribution in [0.1, 0.15) is 39.0 Å². The maximum atomic E-state index is 12.2. The zero-order valence-electron chi connectivity index (χ0n) is 15.9. The van der Waals surface area contributed by atoms with Crippen molar-refractivity contribution in [2.75, 3.05) is 41.4 Å². The summed E-state index contributed by atoms with van der Waals surface area (Å²) in [4.78, 5) is 23.0. The Bertz CT molecular complexity index is 755. The molecule has 0 radical (unpaired) electrons. The number of sulfone groups is 1. The van der Waals surface area contributed by atoms with Crippen LogP contribution in [0, 0.1) is 5.92 Å². The molecule has 0 aliphatic carbocycles. The van der Waals surface area contributed by atoms with Crippen LogP contribution in [0.15, 0.2) is 12.4 Å². The van der Waals surface area contributed by atoms with E-state index in [4.69, 9.17) is 0 Å². The first-order valence-electron chi connectivity index (χ1n) is 9.76. The average molecular weight is 396 g/mol. The molecule has 0 saturated carbocycles. The molecule has 0 unspecified atom stereocenters. The monoisotopic (exact) mass is 395 g/mol. The van der Waals surface area contributed by atoms with E-state index >= 15 is 0 Å². The van der Waals surface area contributed by atoms with Crippen molar-refractivity contribution in [1.82, 2.24) is 15.3 Å². The fraction of sp³-hybridized carbons (Fsp3) is 0.722. The van der Waals surface area contributed by atoms with Gasteiger partial charge >= 0.3 is 0 Å². The fourth-order valence-electron chi connectivity index (χ4n) is 3.85. The van der Waals surface area contributed by atoms with E-state index in [1.54, 1.807) is 6.33 Å². The third kappa shape index (κ3) is 5.79. The fourth-order valence-corrected chi connectivity index (χ4v) is 5.52. The average Bonchev–Trinajstić information content (AvgIpc) is 2.99. The quantitative estimate of drug-likeness (QED) is 0.715. The van der Waals surface area contributed by atoms with Gasteiger partial charge in [-0.15, -0.1) is 0 Å². The van der Waals surface area contributed by atoms with Gasteiger partial charge in [-0.25, -0.2) is 18.4 Å². The zero-order chi connectivity index (χ0) is 19.3. The summed E-state index contributed by atoms with van der Waals surface area (Å²) in [6, 6.07) is 1.76. The van der Waals surface area contributed by atoms with Crippen LogP contribution in [0.25, 0.3) is 0 Å². The van der Waals surface area contributed by atoms with E-state index in [-0.39, 0.29) is 23.5 Å². The second-order valence-corrected chi connectivity index (χ2v) is 9.68. The Kier molecular flexibility index (Phi) is 6.51. The van der Waals surface area contributed by atoms with E-state index in [1.165, 1.54) is 0 Å². The standard InChI is InChI=1S/C18H29N5O3S/c1-2-19-16-10-17(21-13-20-16)23-8-3-4-14(11-23)5-6-18(24)22-15-7-9-27(25,26)12-15/h10,13-15H,2-9,11-12H2,1H3,(H,22,24)(H,19,20,21)/t14-,15-/m1/s1. The van der Waals surface area contributed by atoms with Crippen molar-refractivity contribution in [2.24, 2.45) is 5.92 Å². The van der Waals surface area contributed by atoms with Crippen molar-refractivity contribution in [2.45, 2.75) is 45.1 Å². The Morgan fingerprint density at radius 3 is 2.93 bits per heavy atom. The smallest absolute Gasteiger partial charge is 0.220 e. The van der Waals surface area contributed by atoms with Crippen LogP contribution in [-0.4, -0.2) is 61.5 Å². The van der Waals surface area contributed by atoms with Gasteiger partial charge in [0, 0.05) is 38.2 Å². The molecule has 8 nitrogen and oxygen atoms in total. The van der Waals surface area contributed by atoms with Gasteiger partial charge in [0.25, 0.3) is 0 Å². The second kappa shape index (κ2) is 8.86. The Hall–Kier alpha value is -1.90. The van der Waals surface area contributed by atoms with Crippen LogP contribution in [-0.2, 0) is 14.6 Å². The molecule has 2 N–H and O–H groups in total. The number of anilines is 2. The number of amides is 1. The number of piperidine rings is 1. The number of carbonyl (C=O) groups excluding carboxylic acids is 1.